The molecule has 1 unspecified atom stereocenters. The molecule has 0 saturated heterocycles. The second kappa shape index (κ2) is 8.90. The van der Waals surface area contributed by atoms with Gasteiger partial charge in [0.15, 0.2) is 10.8 Å². The first-order valence-corrected chi connectivity index (χ1v) is 10.5. The highest BCUT2D eigenvalue weighted by atomic mass is 32.2. The van der Waals surface area contributed by atoms with E-state index in [1.807, 2.05) is 32.8 Å². The number of halogens is 1. The van der Waals surface area contributed by atoms with Gasteiger partial charge in [-0.1, -0.05) is 13.8 Å². The molecule has 0 radical (unpaired) electrons. The molecule has 29 heavy (non-hydrogen) atoms. The minimum Gasteiger partial charge on any atom is -0.387 e. The fourth-order valence-corrected chi connectivity index (χ4v) is 4.22. The minimum atomic E-state index is -3.98. The van der Waals surface area contributed by atoms with Gasteiger partial charge in [0.05, 0.1) is 5.69 Å². The topological polar surface area (TPSA) is 100 Å². The summed E-state index contributed by atoms with van der Waals surface area (Å²) < 4.78 is 48.9. The molecule has 1 N–H and O–H groups in total. The zero-order chi connectivity index (χ0) is 21.9. The lowest BCUT2D eigenvalue weighted by Gasteiger charge is -2.19. The number of ether oxygens (including phenoxy) is 1. The smallest absolute Gasteiger partial charge is 0.292 e. The monoisotopic (exact) mass is 423 g/mol. The maximum absolute atomic E-state index is 14.2. The highest BCUT2D eigenvalue weighted by Gasteiger charge is 2.26. The number of hydrogen-bond donors (Lipinski definition) is 1. The van der Waals surface area contributed by atoms with Crippen LogP contribution in [0.5, 0.6) is 5.75 Å². The van der Waals surface area contributed by atoms with E-state index in [0.29, 0.717) is 12.1 Å². The van der Waals surface area contributed by atoms with Crippen LogP contribution in [0, 0.1) is 17.3 Å². The van der Waals surface area contributed by atoms with Crippen LogP contribution in [0.25, 0.3) is 0 Å². The number of benzene rings is 1. The second-order valence-electron chi connectivity index (χ2n) is 7.44. The molecule has 2 aromatic rings. The van der Waals surface area contributed by atoms with Crippen LogP contribution in [-0.4, -0.2) is 37.2 Å². The van der Waals surface area contributed by atoms with Gasteiger partial charge >= 0.3 is 0 Å². The van der Waals surface area contributed by atoms with Crippen LogP contribution in [0.3, 0.4) is 0 Å². The van der Waals surface area contributed by atoms with Crippen LogP contribution in [0.2, 0.25) is 0 Å². The summed E-state index contributed by atoms with van der Waals surface area (Å²) in [5.41, 5.74) is 1.45. The lowest BCUT2D eigenvalue weighted by molar-refractivity contribution is 0.387. The predicted octanol–water partition coefficient (Wildman–Crippen LogP) is 2.64. The molecule has 1 heterocycles. The summed E-state index contributed by atoms with van der Waals surface area (Å²) in [6.07, 6.45) is 1.60. The summed E-state index contributed by atoms with van der Waals surface area (Å²) in [5.74, 6) is -0.499. The fourth-order valence-electron chi connectivity index (χ4n) is 2.99. The summed E-state index contributed by atoms with van der Waals surface area (Å²) in [6, 6.07) is 3.10. The maximum atomic E-state index is 14.2. The molecule has 0 aliphatic rings. The third kappa shape index (κ3) is 5.32. The van der Waals surface area contributed by atoms with E-state index in [0.717, 1.165) is 5.69 Å². The zero-order valence-corrected chi connectivity index (χ0v) is 18.2. The van der Waals surface area contributed by atoms with E-state index in [9.17, 15) is 12.8 Å². The molecule has 8 nitrogen and oxygen atoms in total. The third-order valence-corrected chi connectivity index (χ3v) is 5.80. The SMILES string of the molecule is CC(C)c1cc(F)cc(C(C)NS(=O)(=O)c2cc(CN(C)C)n(C)n2)c1OC#N. The van der Waals surface area contributed by atoms with Crippen molar-refractivity contribution in [3.63, 3.8) is 0 Å². The molecule has 10 heteroatoms. The Morgan fingerprint density at radius 1 is 1.28 bits per heavy atom. The first kappa shape index (κ1) is 22.8. The third-order valence-electron chi connectivity index (χ3n) is 4.39. The molecule has 158 valence electrons. The second-order valence-corrected chi connectivity index (χ2v) is 9.10. The van der Waals surface area contributed by atoms with Gasteiger partial charge in [-0.3, -0.25) is 4.68 Å². The molecule has 0 amide bonds. The summed E-state index contributed by atoms with van der Waals surface area (Å²) in [5, 5.41) is 12.9. The van der Waals surface area contributed by atoms with Crippen LogP contribution in [-0.2, 0) is 23.6 Å². The number of nitrogens with one attached hydrogen (secondary N) is 1. The van der Waals surface area contributed by atoms with Crippen molar-refractivity contribution in [1.29, 1.82) is 5.26 Å². The lowest BCUT2D eigenvalue weighted by Crippen LogP contribution is -2.28. The Balaban J connectivity index is 2.41. The first-order chi connectivity index (χ1) is 13.5. The standard InChI is InChI=1S/C19H26FN5O3S/c1-12(2)16-7-14(20)8-17(19(16)28-11-21)13(3)23-29(26,27)18-9-15(10-24(4)5)25(6)22-18/h7-9,12-13,23H,10H2,1-6H3. The quantitative estimate of drug-likeness (QED) is 0.655. The van der Waals surface area contributed by atoms with Crippen molar-refractivity contribution < 1.29 is 17.5 Å². The average molecular weight is 424 g/mol. The molecule has 2 rings (SSSR count). The Kier molecular flexibility index (Phi) is 7.00. The van der Waals surface area contributed by atoms with Crippen molar-refractivity contribution in [2.45, 2.75) is 44.3 Å². The van der Waals surface area contributed by atoms with E-state index < -0.39 is 21.9 Å². The Bertz CT molecular complexity index is 1030. The number of aromatic nitrogens is 2. The van der Waals surface area contributed by atoms with Crippen LogP contribution in [0.1, 0.15) is 49.6 Å². The van der Waals surface area contributed by atoms with Crippen molar-refractivity contribution in [1.82, 2.24) is 19.4 Å². The van der Waals surface area contributed by atoms with Crippen LogP contribution >= 0.6 is 0 Å². The van der Waals surface area contributed by atoms with Gasteiger partial charge in [0, 0.05) is 36.8 Å². The van der Waals surface area contributed by atoms with E-state index in [4.69, 9.17) is 10.00 Å². The van der Waals surface area contributed by atoms with Gasteiger partial charge in [0.25, 0.3) is 16.3 Å². The number of hydrogen-bond acceptors (Lipinski definition) is 6. The van der Waals surface area contributed by atoms with Crippen LogP contribution in [0.15, 0.2) is 23.2 Å². The summed E-state index contributed by atoms with van der Waals surface area (Å²) in [6.45, 7) is 5.75. The van der Waals surface area contributed by atoms with Crippen molar-refractivity contribution >= 4 is 10.0 Å². The molecule has 0 saturated carbocycles. The fraction of sp³-hybridized carbons (Fsp3) is 0.474. The van der Waals surface area contributed by atoms with E-state index >= 15 is 0 Å². The number of nitrogens with zero attached hydrogens (tertiary/aromatic N) is 4. The minimum absolute atomic E-state index is 0.124. The predicted molar refractivity (Wildman–Crippen MR) is 106 cm³/mol. The molecule has 0 fully saturated rings. The number of nitriles is 1. The Morgan fingerprint density at radius 2 is 1.90 bits per heavy atom. The van der Waals surface area contributed by atoms with Crippen LogP contribution in [0.4, 0.5) is 4.39 Å². The van der Waals surface area contributed by atoms with Crippen LogP contribution < -0.4 is 9.46 Å². The average Bonchev–Trinajstić information content (AvgIpc) is 2.96. The van der Waals surface area contributed by atoms with E-state index in [1.54, 1.807) is 20.2 Å². The molecule has 0 aliphatic carbocycles. The van der Waals surface area contributed by atoms with Gasteiger partial charge in [-0.15, -0.1) is 5.26 Å². The number of aryl methyl sites for hydroxylation is 1. The lowest BCUT2D eigenvalue weighted by atomic mass is 9.96. The van der Waals surface area contributed by atoms with Gasteiger partial charge in [-0.05, 0) is 39.1 Å². The molecule has 1 atom stereocenters. The van der Waals surface area contributed by atoms with Crippen molar-refractivity contribution in [3.8, 4) is 12.0 Å². The van der Waals surface area contributed by atoms with E-state index in [1.165, 1.54) is 22.9 Å². The van der Waals surface area contributed by atoms with E-state index in [-0.39, 0.29) is 22.3 Å². The Morgan fingerprint density at radius 3 is 2.45 bits per heavy atom. The van der Waals surface area contributed by atoms with Crippen molar-refractivity contribution in [2.75, 3.05) is 14.1 Å². The van der Waals surface area contributed by atoms with Gasteiger partial charge < -0.3 is 9.64 Å². The largest absolute Gasteiger partial charge is 0.387 e. The Hall–Kier alpha value is -2.48. The van der Waals surface area contributed by atoms with Crippen molar-refractivity contribution in [3.05, 3.63) is 40.8 Å². The van der Waals surface area contributed by atoms with Gasteiger partial charge in [-0.2, -0.15) is 5.10 Å². The highest BCUT2D eigenvalue weighted by Crippen LogP contribution is 2.35. The van der Waals surface area contributed by atoms with Gasteiger partial charge in [-0.25, -0.2) is 17.5 Å². The number of sulfonamides is 1. The highest BCUT2D eigenvalue weighted by molar-refractivity contribution is 7.89. The summed E-state index contributed by atoms with van der Waals surface area (Å²) >= 11 is 0. The van der Waals surface area contributed by atoms with E-state index in [2.05, 4.69) is 9.82 Å². The molecule has 1 aromatic heterocycles. The molecule has 1 aromatic carbocycles. The van der Waals surface area contributed by atoms with Gasteiger partial charge in [0.1, 0.15) is 5.82 Å². The van der Waals surface area contributed by atoms with Gasteiger partial charge in [0.2, 0.25) is 0 Å². The molecule has 0 bridgehead atoms. The van der Waals surface area contributed by atoms with Crippen molar-refractivity contribution in [2.24, 2.45) is 7.05 Å². The summed E-state index contributed by atoms with van der Waals surface area (Å²) in [4.78, 5) is 1.90. The molecular formula is C19H26FN5O3S. The normalized spacial score (nSPS) is 13.0. The first-order valence-electron chi connectivity index (χ1n) is 9.05. The zero-order valence-electron chi connectivity index (χ0n) is 17.4. The summed E-state index contributed by atoms with van der Waals surface area (Å²) in [7, 11) is 1.42. The Labute approximate surface area is 170 Å². The molecular weight excluding hydrogens is 397 g/mol. The maximum Gasteiger partial charge on any atom is 0.292 e. The number of rotatable bonds is 8. The molecule has 0 spiro atoms. The molecule has 0 aliphatic heterocycles.